The van der Waals surface area contributed by atoms with Crippen LogP contribution in [0.2, 0.25) is 0 Å². The molecular weight excluding hydrogens is 344 g/mol. The first-order valence-electron chi connectivity index (χ1n) is 8.84. The number of hydrogen-bond acceptors (Lipinski definition) is 5. The van der Waals surface area contributed by atoms with E-state index >= 15 is 0 Å². The highest BCUT2D eigenvalue weighted by atomic mass is 16.6. The molecular formula is C21H20N2O4. The lowest BCUT2D eigenvalue weighted by atomic mass is 9.89. The predicted octanol–water partition coefficient (Wildman–Crippen LogP) is 3.34. The van der Waals surface area contributed by atoms with Crippen molar-refractivity contribution in [2.45, 2.75) is 18.1 Å². The van der Waals surface area contributed by atoms with E-state index in [-0.39, 0.29) is 11.9 Å². The number of Topliss-reactive ketones (excluding diaryl/α,β-unsaturated/α-hetero) is 1. The molecule has 0 aliphatic carbocycles. The molecule has 6 nitrogen and oxygen atoms in total. The molecule has 5 rings (SSSR count). The maximum Gasteiger partial charge on any atom is 0.250 e. The van der Waals surface area contributed by atoms with Crippen molar-refractivity contribution in [1.82, 2.24) is 4.98 Å². The lowest BCUT2D eigenvalue weighted by Crippen LogP contribution is -2.60. The number of aromatic amines is 1. The third kappa shape index (κ3) is 1.82. The Morgan fingerprint density at radius 2 is 1.74 bits per heavy atom. The topological polar surface area (TPSA) is 63.8 Å². The lowest BCUT2D eigenvalue weighted by Gasteiger charge is -2.47. The minimum absolute atomic E-state index is 0.106. The first-order chi connectivity index (χ1) is 13.2. The zero-order valence-electron chi connectivity index (χ0n) is 15.4. The molecule has 0 bridgehead atoms. The molecule has 0 saturated heterocycles. The van der Waals surface area contributed by atoms with Gasteiger partial charge in [0.15, 0.2) is 6.23 Å². The van der Waals surface area contributed by atoms with Crippen molar-refractivity contribution in [2.24, 2.45) is 0 Å². The first kappa shape index (κ1) is 16.5. The van der Waals surface area contributed by atoms with Gasteiger partial charge in [0, 0.05) is 43.4 Å². The number of rotatable bonds is 3. The third-order valence-corrected chi connectivity index (χ3v) is 5.73. The van der Waals surface area contributed by atoms with Crippen molar-refractivity contribution in [3.63, 3.8) is 0 Å². The van der Waals surface area contributed by atoms with E-state index in [0.717, 1.165) is 22.2 Å². The monoisotopic (exact) mass is 364 g/mol. The second-order valence-corrected chi connectivity index (χ2v) is 6.81. The minimum atomic E-state index is -1.31. The highest BCUT2D eigenvalue weighted by Crippen LogP contribution is 2.55. The SMILES string of the molecule is CO[C@@H]1[C@@H](OC)c2c([nH]c3ccccc23)[C@@]2(OC)C(=O)c3ccccc3N12. The van der Waals surface area contributed by atoms with Crippen LogP contribution >= 0.6 is 0 Å². The standard InChI is InChI=1S/C21H20N2O4/c1-25-17-16-12-8-4-6-10-14(12)22-18(16)21(27-3)19(24)13-9-5-7-11-15(13)23(21)20(17)26-2/h4-11,17,20,22H,1-3H3/t17-,20+,21+/m0/s1. The fraction of sp³-hybridized carbons (Fsp3) is 0.286. The molecule has 3 heterocycles. The second kappa shape index (κ2) is 5.66. The Kier molecular flexibility index (Phi) is 3.46. The van der Waals surface area contributed by atoms with Crippen LogP contribution in [-0.2, 0) is 19.9 Å². The summed E-state index contributed by atoms with van der Waals surface area (Å²) in [5, 5.41) is 1.00. The average Bonchev–Trinajstić information content (AvgIpc) is 3.22. The number of nitrogens with one attached hydrogen (secondary N) is 1. The van der Waals surface area contributed by atoms with Crippen LogP contribution in [-0.4, -0.2) is 38.3 Å². The zero-order chi connectivity index (χ0) is 18.8. The number of anilines is 1. The van der Waals surface area contributed by atoms with E-state index in [1.165, 1.54) is 0 Å². The van der Waals surface area contributed by atoms with Crippen molar-refractivity contribution < 1.29 is 19.0 Å². The summed E-state index contributed by atoms with van der Waals surface area (Å²) in [6.45, 7) is 0. The zero-order valence-corrected chi connectivity index (χ0v) is 15.4. The quantitative estimate of drug-likeness (QED) is 0.772. The van der Waals surface area contributed by atoms with Crippen molar-refractivity contribution in [1.29, 1.82) is 0 Å². The number of carbonyl (C=O) groups is 1. The number of carbonyl (C=O) groups excluding carboxylic acids is 1. The van der Waals surface area contributed by atoms with E-state index in [2.05, 4.69) is 4.98 Å². The van der Waals surface area contributed by atoms with Gasteiger partial charge in [0.1, 0.15) is 6.10 Å². The van der Waals surface area contributed by atoms with Crippen LogP contribution in [0.5, 0.6) is 0 Å². The summed E-state index contributed by atoms with van der Waals surface area (Å²) in [4.78, 5) is 18.9. The van der Waals surface area contributed by atoms with Gasteiger partial charge in [-0.25, -0.2) is 0 Å². The Morgan fingerprint density at radius 1 is 1.00 bits per heavy atom. The molecule has 3 atom stereocenters. The van der Waals surface area contributed by atoms with Crippen LogP contribution in [0.25, 0.3) is 10.9 Å². The van der Waals surface area contributed by atoms with Gasteiger partial charge < -0.3 is 24.1 Å². The second-order valence-electron chi connectivity index (χ2n) is 6.81. The van der Waals surface area contributed by atoms with Crippen molar-refractivity contribution in [2.75, 3.05) is 26.2 Å². The molecule has 0 spiro atoms. The van der Waals surface area contributed by atoms with Crippen LogP contribution < -0.4 is 4.90 Å². The molecule has 2 aliphatic heterocycles. The molecule has 3 aromatic rings. The molecule has 0 radical (unpaired) electrons. The molecule has 0 saturated carbocycles. The lowest BCUT2D eigenvalue weighted by molar-refractivity contribution is -0.0973. The number of ketones is 1. The van der Waals surface area contributed by atoms with E-state index < -0.39 is 12.0 Å². The predicted molar refractivity (Wildman–Crippen MR) is 101 cm³/mol. The van der Waals surface area contributed by atoms with Gasteiger partial charge in [0.25, 0.3) is 0 Å². The smallest absolute Gasteiger partial charge is 0.250 e. The Balaban J connectivity index is 1.91. The number of methoxy groups -OCH3 is 3. The first-order valence-corrected chi connectivity index (χ1v) is 8.84. The molecule has 0 amide bonds. The van der Waals surface area contributed by atoms with Gasteiger partial charge in [0.2, 0.25) is 11.5 Å². The Hall–Kier alpha value is -2.67. The van der Waals surface area contributed by atoms with Gasteiger partial charge in [-0.05, 0) is 18.2 Å². The summed E-state index contributed by atoms with van der Waals surface area (Å²) in [5.41, 5.74) is 2.62. The number of aromatic nitrogens is 1. The summed E-state index contributed by atoms with van der Waals surface area (Å²) in [6.07, 6.45) is -0.905. The largest absolute Gasteiger partial charge is 0.372 e. The maximum absolute atomic E-state index is 13.6. The summed E-state index contributed by atoms with van der Waals surface area (Å²) >= 11 is 0. The molecule has 0 unspecified atom stereocenters. The molecule has 1 aromatic heterocycles. The van der Waals surface area contributed by atoms with Crippen LogP contribution in [0, 0.1) is 0 Å². The fourth-order valence-corrected chi connectivity index (χ4v) is 4.65. The van der Waals surface area contributed by atoms with Gasteiger partial charge in [0.05, 0.1) is 11.4 Å². The number of benzene rings is 2. The number of H-pyrrole nitrogens is 1. The average molecular weight is 364 g/mol. The number of nitrogens with zero attached hydrogens (tertiary/aromatic N) is 1. The molecule has 1 N–H and O–H groups in total. The van der Waals surface area contributed by atoms with Gasteiger partial charge in [-0.15, -0.1) is 0 Å². The van der Waals surface area contributed by atoms with Crippen molar-refractivity contribution in [3.8, 4) is 0 Å². The van der Waals surface area contributed by atoms with Crippen LogP contribution in [0.15, 0.2) is 48.5 Å². The van der Waals surface area contributed by atoms with E-state index in [0.29, 0.717) is 11.3 Å². The number of fused-ring (bicyclic) bond motifs is 7. The molecule has 2 aliphatic rings. The molecule has 2 aromatic carbocycles. The number of ether oxygens (including phenoxy) is 3. The van der Waals surface area contributed by atoms with E-state index in [1.54, 1.807) is 21.3 Å². The van der Waals surface area contributed by atoms with Crippen LogP contribution in [0.1, 0.15) is 27.7 Å². The normalized spacial score (nSPS) is 26.2. The maximum atomic E-state index is 13.6. The highest BCUT2D eigenvalue weighted by Gasteiger charge is 2.62. The molecule has 138 valence electrons. The van der Waals surface area contributed by atoms with Gasteiger partial charge in [-0.3, -0.25) is 4.79 Å². The summed E-state index contributed by atoms with van der Waals surface area (Å²) < 4.78 is 17.7. The molecule has 0 fully saturated rings. The summed E-state index contributed by atoms with van der Waals surface area (Å²) in [5.74, 6) is -0.106. The van der Waals surface area contributed by atoms with E-state index in [1.807, 2.05) is 53.4 Å². The highest BCUT2D eigenvalue weighted by molar-refractivity contribution is 6.14. The Morgan fingerprint density at radius 3 is 2.48 bits per heavy atom. The van der Waals surface area contributed by atoms with Gasteiger partial charge >= 0.3 is 0 Å². The molecule has 27 heavy (non-hydrogen) atoms. The van der Waals surface area contributed by atoms with E-state index in [9.17, 15) is 4.79 Å². The number of hydrogen-bond donors (Lipinski definition) is 1. The molecule has 6 heteroatoms. The van der Waals surface area contributed by atoms with Crippen LogP contribution in [0.4, 0.5) is 5.69 Å². The van der Waals surface area contributed by atoms with Gasteiger partial charge in [-0.1, -0.05) is 30.3 Å². The third-order valence-electron chi connectivity index (χ3n) is 5.73. The Labute approximate surface area is 156 Å². The number of para-hydroxylation sites is 2. The summed E-state index contributed by atoms with van der Waals surface area (Å²) in [6, 6.07) is 15.5. The Bertz CT molecular complexity index is 1060. The van der Waals surface area contributed by atoms with Crippen molar-refractivity contribution >= 4 is 22.4 Å². The van der Waals surface area contributed by atoms with Gasteiger partial charge in [-0.2, -0.15) is 0 Å². The van der Waals surface area contributed by atoms with E-state index in [4.69, 9.17) is 14.2 Å². The van der Waals surface area contributed by atoms with Crippen LogP contribution in [0.3, 0.4) is 0 Å². The minimum Gasteiger partial charge on any atom is -0.372 e. The summed E-state index contributed by atoms with van der Waals surface area (Å²) in [7, 11) is 4.85. The fourth-order valence-electron chi connectivity index (χ4n) is 4.65. The van der Waals surface area contributed by atoms with Crippen molar-refractivity contribution in [3.05, 3.63) is 65.4 Å².